The Morgan fingerprint density at radius 3 is 2.59 bits per heavy atom. The zero-order valence-corrected chi connectivity index (χ0v) is 16.3. The van der Waals surface area contributed by atoms with Gasteiger partial charge >= 0.3 is 0 Å². The summed E-state index contributed by atoms with van der Waals surface area (Å²) in [4.78, 5) is 15.9. The number of rotatable bonds is 10. The molecule has 1 heterocycles. The van der Waals surface area contributed by atoms with Gasteiger partial charge in [-0.1, -0.05) is 30.3 Å². The number of Topliss-reactive ketones (excluding diaryl/α,β-unsaturated/α-hetero) is 1. The number of fused-ring (bicyclic) bond motifs is 1. The average Bonchev–Trinajstić information content (AvgIpc) is 3.12. The van der Waals surface area contributed by atoms with Crippen molar-refractivity contribution in [3.8, 4) is 5.75 Å². The predicted molar refractivity (Wildman–Crippen MR) is 105 cm³/mol. The van der Waals surface area contributed by atoms with Crippen molar-refractivity contribution in [1.29, 1.82) is 0 Å². The van der Waals surface area contributed by atoms with Crippen LogP contribution in [0.1, 0.15) is 41.7 Å². The van der Waals surface area contributed by atoms with Gasteiger partial charge in [-0.2, -0.15) is 0 Å². The van der Waals surface area contributed by atoms with Crippen LogP contribution in [0.4, 0.5) is 0 Å². The lowest BCUT2D eigenvalue weighted by Gasteiger charge is -2.18. The third kappa shape index (κ3) is 5.20. The highest BCUT2D eigenvalue weighted by Gasteiger charge is 2.32. The van der Waals surface area contributed by atoms with Crippen LogP contribution in [0.2, 0.25) is 0 Å². The van der Waals surface area contributed by atoms with Crippen molar-refractivity contribution in [3.05, 3.63) is 64.7 Å². The Morgan fingerprint density at radius 2 is 1.93 bits per heavy atom. The van der Waals surface area contributed by atoms with E-state index in [-0.39, 0.29) is 6.42 Å². The maximum Gasteiger partial charge on any atom is 0.195 e. The van der Waals surface area contributed by atoms with E-state index in [1.165, 1.54) is 0 Å². The quantitative estimate of drug-likeness (QED) is 0.414. The number of ether oxygens (including phenoxy) is 2. The summed E-state index contributed by atoms with van der Waals surface area (Å²) in [6.45, 7) is 2.27. The van der Waals surface area contributed by atoms with E-state index in [4.69, 9.17) is 19.8 Å². The molecule has 1 aliphatic rings. The van der Waals surface area contributed by atoms with Crippen LogP contribution in [0.3, 0.4) is 0 Å². The second-order valence-corrected chi connectivity index (χ2v) is 7.02. The zero-order valence-electron chi connectivity index (χ0n) is 16.3. The van der Waals surface area contributed by atoms with Crippen LogP contribution in [-0.4, -0.2) is 46.7 Å². The van der Waals surface area contributed by atoms with Crippen molar-refractivity contribution in [2.75, 3.05) is 13.2 Å². The topological polar surface area (TPSA) is 105 Å². The molecule has 3 atom stereocenters. The molecule has 0 amide bonds. The fourth-order valence-corrected chi connectivity index (χ4v) is 3.48. The standard InChI is InChI=1S/C22H26O7/c1-2-27-17-7-4-14(5-8-17)9-15-3-6-16-13-28-20(18(16)10-15)11-19(24)22(25)21(12-23)29-26/h3-8,10,19-21,23-24,26H,2,9,11-13H2,1H3. The van der Waals surface area contributed by atoms with E-state index in [2.05, 4.69) is 4.89 Å². The van der Waals surface area contributed by atoms with E-state index < -0.39 is 30.7 Å². The molecule has 0 spiro atoms. The third-order valence-electron chi connectivity index (χ3n) is 5.02. The molecular formula is C22H26O7. The molecule has 0 aliphatic carbocycles. The molecule has 1 aliphatic heterocycles. The monoisotopic (exact) mass is 402 g/mol. The van der Waals surface area contributed by atoms with Crippen molar-refractivity contribution in [2.24, 2.45) is 0 Å². The second-order valence-electron chi connectivity index (χ2n) is 7.02. The van der Waals surface area contributed by atoms with Gasteiger partial charge in [0.2, 0.25) is 0 Å². The van der Waals surface area contributed by atoms with Gasteiger partial charge in [0.25, 0.3) is 0 Å². The fraction of sp³-hybridized carbons (Fsp3) is 0.409. The van der Waals surface area contributed by atoms with Gasteiger partial charge in [0, 0.05) is 6.42 Å². The van der Waals surface area contributed by atoms with Crippen LogP contribution in [-0.2, 0) is 27.4 Å². The van der Waals surface area contributed by atoms with Crippen molar-refractivity contribution in [1.82, 2.24) is 0 Å². The summed E-state index contributed by atoms with van der Waals surface area (Å²) in [6.07, 6.45) is -2.55. The van der Waals surface area contributed by atoms with E-state index >= 15 is 0 Å². The first kappa shape index (κ1) is 21.4. The number of carbonyl (C=O) groups excluding carboxylic acids is 1. The van der Waals surface area contributed by atoms with Gasteiger partial charge in [0.1, 0.15) is 11.9 Å². The summed E-state index contributed by atoms with van der Waals surface area (Å²) < 4.78 is 11.2. The van der Waals surface area contributed by atoms with Gasteiger partial charge in [0.15, 0.2) is 11.9 Å². The van der Waals surface area contributed by atoms with Gasteiger partial charge in [0.05, 0.1) is 25.9 Å². The molecular weight excluding hydrogens is 376 g/mol. The summed E-state index contributed by atoms with van der Waals surface area (Å²) in [5.74, 6) is 0.0583. The summed E-state index contributed by atoms with van der Waals surface area (Å²) >= 11 is 0. The summed E-state index contributed by atoms with van der Waals surface area (Å²) in [7, 11) is 0. The maximum atomic E-state index is 12.0. The molecule has 7 nitrogen and oxygen atoms in total. The third-order valence-corrected chi connectivity index (χ3v) is 5.02. The smallest absolute Gasteiger partial charge is 0.195 e. The number of hydrogen-bond acceptors (Lipinski definition) is 7. The number of aliphatic hydroxyl groups is 2. The lowest BCUT2D eigenvalue weighted by Crippen LogP contribution is -2.37. The zero-order chi connectivity index (χ0) is 20.8. The van der Waals surface area contributed by atoms with E-state index in [1.54, 1.807) is 0 Å². The highest BCUT2D eigenvalue weighted by molar-refractivity contribution is 5.87. The Morgan fingerprint density at radius 1 is 1.21 bits per heavy atom. The molecule has 156 valence electrons. The number of aliphatic hydroxyl groups excluding tert-OH is 2. The van der Waals surface area contributed by atoms with E-state index in [0.29, 0.717) is 13.2 Å². The Kier molecular flexibility index (Phi) is 7.35. The molecule has 3 N–H and O–H groups in total. The Hall–Kier alpha value is -2.29. The summed E-state index contributed by atoms with van der Waals surface area (Å²) in [6, 6.07) is 14.0. The highest BCUT2D eigenvalue weighted by atomic mass is 17.1. The van der Waals surface area contributed by atoms with Crippen molar-refractivity contribution < 1.29 is 34.6 Å². The van der Waals surface area contributed by atoms with Gasteiger partial charge in [-0.05, 0) is 47.7 Å². The summed E-state index contributed by atoms with van der Waals surface area (Å²) in [5, 5.41) is 27.9. The van der Waals surface area contributed by atoms with Gasteiger partial charge in [-0.3, -0.25) is 10.1 Å². The lowest BCUT2D eigenvalue weighted by atomic mass is 9.94. The largest absolute Gasteiger partial charge is 0.494 e. The minimum atomic E-state index is -1.46. The molecule has 3 unspecified atom stereocenters. The molecule has 0 aromatic heterocycles. The van der Waals surface area contributed by atoms with Crippen LogP contribution >= 0.6 is 0 Å². The molecule has 2 aromatic carbocycles. The minimum absolute atomic E-state index is 0.0260. The van der Waals surface area contributed by atoms with Crippen molar-refractivity contribution >= 4 is 5.78 Å². The first-order chi connectivity index (χ1) is 14.0. The molecule has 2 aromatic rings. The van der Waals surface area contributed by atoms with E-state index in [1.807, 2.05) is 49.4 Å². The minimum Gasteiger partial charge on any atom is -0.494 e. The molecule has 0 bridgehead atoms. The number of benzene rings is 2. The van der Waals surface area contributed by atoms with Crippen LogP contribution < -0.4 is 4.74 Å². The Balaban J connectivity index is 1.69. The van der Waals surface area contributed by atoms with E-state index in [9.17, 15) is 9.90 Å². The lowest BCUT2D eigenvalue weighted by molar-refractivity contribution is -0.278. The van der Waals surface area contributed by atoms with E-state index in [0.717, 1.165) is 34.4 Å². The number of hydrogen-bond donors (Lipinski definition) is 3. The van der Waals surface area contributed by atoms with Gasteiger partial charge in [-0.25, -0.2) is 4.89 Å². The van der Waals surface area contributed by atoms with Crippen molar-refractivity contribution in [2.45, 2.75) is 44.7 Å². The number of ketones is 1. The van der Waals surface area contributed by atoms with Crippen LogP contribution in [0.5, 0.6) is 5.75 Å². The molecule has 0 radical (unpaired) electrons. The van der Waals surface area contributed by atoms with Crippen LogP contribution in [0.25, 0.3) is 0 Å². The second kappa shape index (κ2) is 9.96. The molecule has 3 rings (SSSR count). The predicted octanol–water partition coefficient (Wildman–Crippen LogP) is 2.42. The molecule has 0 saturated carbocycles. The normalized spacial score (nSPS) is 17.6. The summed E-state index contributed by atoms with van der Waals surface area (Å²) in [5.41, 5.74) is 4.19. The molecule has 7 heteroatoms. The van der Waals surface area contributed by atoms with Crippen LogP contribution in [0, 0.1) is 0 Å². The highest BCUT2D eigenvalue weighted by Crippen LogP contribution is 2.35. The van der Waals surface area contributed by atoms with Crippen molar-refractivity contribution in [3.63, 3.8) is 0 Å². The Labute approximate surface area is 169 Å². The molecule has 0 fully saturated rings. The van der Waals surface area contributed by atoms with Gasteiger partial charge < -0.3 is 19.7 Å². The number of carbonyl (C=O) groups is 1. The average molecular weight is 402 g/mol. The maximum absolute atomic E-state index is 12.0. The first-order valence-corrected chi connectivity index (χ1v) is 9.63. The SMILES string of the molecule is CCOc1ccc(Cc2ccc3c(c2)C(CC(O)C(=O)C(CO)OO)OC3)cc1. The van der Waals surface area contributed by atoms with Crippen LogP contribution in [0.15, 0.2) is 42.5 Å². The molecule has 29 heavy (non-hydrogen) atoms. The fourth-order valence-electron chi connectivity index (χ4n) is 3.48. The van der Waals surface area contributed by atoms with Gasteiger partial charge in [-0.15, -0.1) is 0 Å². The first-order valence-electron chi connectivity index (χ1n) is 9.63. The molecule has 0 saturated heterocycles. The Bertz CT molecular complexity index is 814.